The molecular formula is C12H23N5O2. The van der Waals surface area contributed by atoms with E-state index < -0.39 is 0 Å². The summed E-state index contributed by atoms with van der Waals surface area (Å²) in [4.78, 5) is 11.8. The van der Waals surface area contributed by atoms with E-state index in [9.17, 15) is 4.79 Å². The molecule has 0 aromatic carbocycles. The van der Waals surface area contributed by atoms with Gasteiger partial charge in [0, 0.05) is 19.9 Å². The zero-order chi connectivity index (χ0) is 14.1. The van der Waals surface area contributed by atoms with E-state index >= 15 is 0 Å². The maximum absolute atomic E-state index is 11.8. The first-order valence-corrected chi connectivity index (χ1v) is 6.56. The van der Waals surface area contributed by atoms with E-state index in [-0.39, 0.29) is 11.9 Å². The molecule has 0 fully saturated rings. The second-order valence-corrected chi connectivity index (χ2v) is 4.40. The normalized spacial score (nSPS) is 12.4. The summed E-state index contributed by atoms with van der Waals surface area (Å²) in [6, 6.07) is -0.368. The number of ether oxygens (including phenoxy) is 1. The molecule has 3 N–H and O–H groups in total. The van der Waals surface area contributed by atoms with Crippen LogP contribution >= 0.6 is 0 Å². The minimum atomic E-state index is -0.368. The van der Waals surface area contributed by atoms with E-state index in [1.54, 1.807) is 18.7 Å². The Kier molecular flexibility index (Phi) is 7.06. The van der Waals surface area contributed by atoms with E-state index in [4.69, 9.17) is 10.5 Å². The number of hydrogen-bond donors (Lipinski definition) is 2. The lowest BCUT2D eigenvalue weighted by atomic mass is 10.2. The minimum Gasteiger partial charge on any atom is -0.383 e. The topological polar surface area (TPSA) is 95.1 Å². The average molecular weight is 269 g/mol. The number of carbonyl (C=O) groups excluding carboxylic acids is 1. The Bertz CT molecular complexity index is 380. The molecule has 7 nitrogen and oxygen atoms in total. The third-order valence-corrected chi connectivity index (χ3v) is 2.83. The first kappa shape index (κ1) is 15.6. The van der Waals surface area contributed by atoms with Crippen molar-refractivity contribution in [2.45, 2.75) is 32.2 Å². The standard InChI is InChI=1S/C12H23N5O2/c1-10(12(18)14-7-8-19-2)17-9-11(15-16-17)5-3-4-6-13/h9-10H,3-8,13H2,1-2H3,(H,14,18). The van der Waals surface area contributed by atoms with Gasteiger partial charge in [-0.25, -0.2) is 4.68 Å². The van der Waals surface area contributed by atoms with Gasteiger partial charge in [-0.1, -0.05) is 5.21 Å². The predicted molar refractivity (Wildman–Crippen MR) is 71.6 cm³/mol. The van der Waals surface area contributed by atoms with Crippen molar-refractivity contribution in [3.05, 3.63) is 11.9 Å². The van der Waals surface area contributed by atoms with Gasteiger partial charge >= 0.3 is 0 Å². The number of nitrogens with one attached hydrogen (secondary N) is 1. The lowest BCUT2D eigenvalue weighted by Gasteiger charge is -2.11. The van der Waals surface area contributed by atoms with Crippen LogP contribution in [-0.4, -0.2) is 47.7 Å². The van der Waals surface area contributed by atoms with Crippen molar-refractivity contribution in [1.29, 1.82) is 0 Å². The molecular weight excluding hydrogens is 246 g/mol. The molecule has 1 rings (SSSR count). The van der Waals surface area contributed by atoms with Crippen LogP contribution in [0.3, 0.4) is 0 Å². The van der Waals surface area contributed by atoms with Crippen molar-refractivity contribution >= 4 is 5.91 Å². The minimum absolute atomic E-state index is 0.0875. The summed E-state index contributed by atoms with van der Waals surface area (Å²) >= 11 is 0. The summed E-state index contributed by atoms with van der Waals surface area (Å²) in [7, 11) is 1.60. The van der Waals surface area contributed by atoms with Gasteiger partial charge in [-0.05, 0) is 32.7 Å². The van der Waals surface area contributed by atoms with Crippen LogP contribution in [-0.2, 0) is 16.0 Å². The Hall–Kier alpha value is -1.47. The first-order valence-electron chi connectivity index (χ1n) is 6.56. The molecule has 0 radical (unpaired) electrons. The summed E-state index contributed by atoms with van der Waals surface area (Å²) in [5, 5.41) is 10.8. The molecule has 19 heavy (non-hydrogen) atoms. The van der Waals surface area contributed by atoms with Crippen LogP contribution in [0.2, 0.25) is 0 Å². The molecule has 0 saturated heterocycles. The van der Waals surface area contributed by atoms with Crippen molar-refractivity contribution in [2.75, 3.05) is 26.8 Å². The van der Waals surface area contributed by atoms with Gasteiger partial charge in [0.05, 0.1) is 12.3 Å². The third-order valence-electron chi connectivity index (χ3n) is 2.83. The Morgan fingerprint density at radius 2 is 2.37 bits per heavy atom. The number of nitrogens with two attached hydrogens (primary N) is 1. The molecule has 0 saturated carbocycles. The molecule has 0 aliphatic carbocycles. The van der Waals surface area contributed by atoms with Crippen LogP contribution < -0.4 is 11.1 Å². The van der Waals surface area contributed by atoms with Gasteiger partial charge in [-0.15, -0.1) is 5.10 Å². The second kappa shape index (κ2) is 8.60. The van der Waals surface area contributed by atoms with Gasteiger partial charge in [0.1, 0.15) is 6.04 Å². The highest BCUT2D eigenvalue weighted by atomic mass is 16.5. The zero-order valence-electron chi connectivity index (χ0n) is 11.6. The van der Waals surface area contributed by atoms with Gasteiger partial charge in [-0.3, -0.25) is 4.79 Å². The summed E-state index contributed by atoms with van der Waals surface area (Å²) in [5.41, 5.74) is 6.33. The van der Waals surface area contributed by atoms with Crippen molar-refractivity contribution in [3.8, 4) is 0 Å². The van der Waals surface area contributed by atoms with Crippen molar-refractivity contribution in [3.63, 3.8) is 0 Å². The summed E-state index contributed by atoms with van der Waals surface area (Å²) in [6.45, 7) is 3.48. The molecule has 0 bridgehead atoms. The fraction of sp³-hybridized carbons (Fsp3) is 0.750. The van der Waals surface area contributed by atoms with E-state index in [0.29, 0.717) is 19.7 Å². The third kappa shape index (κ3) is 5.35. The fourth-order valence-corrected chi connectivity index (χ4v) is 1.61. The van der Waals surface area contributed by atoms with Gasteiger partial charge in [0.2, 0.25) is 5.91 Å². The monoisotopic (exact) mass is 269 g/mol. The Morgan fingerprint density at radius 1 is 1.58 bits per heavy atom. The van der Waals surface area contributed by atoms with Crippen LogP contribution in [0, 0.1) is 0 Å². The van der Waals surface area contributed by atoms with E-state index in [2.05, 4.69) is 15.6 Å². The smallest absolute Gasteiger partial charge is 0.244 e. The first-order chi connectivity index (χ1) is 9.19. The van der Waals surface area contributed by atoms with Crippen LogP contribution in [0.1, 0.15) is 31.5 Å². The average Bonchev–Trinajstić information content (AvgIpc) is 2.87. The lowest BCUT2D eigenvalue weighted by Crippen LogP contribution is -2.33. The molecule has 1 aromatic heterocycles. The summed E-state index contributed by atoms with van der Waals surface area (Å²) in [6.07, 6.45) is 4.62. The number of hydrogen-bond acceptors (Lipinski definition) is 5. The second-order valence-electron chi connectivity index (χ2n) is 4.40. The number of carbonyl (C=O) groups is 1. The maximum atomic E-state index is 11.8. The molecule has 1 amide bonds. The number of rotatable bonds is 9. The molecule has 0 spiro atoms. The molecule has 0 aliphatic heterocycles. The number of nitrogens with zero attached hydrogens (tertiary/aromatic N) is 3. The predicted octanol–water partition coefficient (Wildman–Crippen LogP) is -0.117. The number of aryl methyl sites for hydroxylation is 1. The number of amides is 1. The van der Waals surface area contributed by atoms with E-state index in [0.717, 1.165) is 25.0 Å². The summed E-state index contributed by atoms with van der Waals surface area (Å²) in [5.74, 6) is -0.0875. The van der Waals surface area contributed by atoms with Gasteiger partial charge in [-0.2, -0.15) is 0 Å². The molecule has 1 unspecified atom stereocenters. The molecule has 7 heteroatoms. The van der Waals surface area contributed by atoms with Crippen LogP contribution in [0.15, 0.2) is 6.20 Å². The Balaban J connectivity index is 2.43. The van der Waals surface area contributed by atoms with Crippen LogP contribution in [0.25, 0.3) is 0 Å². The van der Waals surface area contributed by atoms with E-state index in [1.165, 1.54) is 0 Å². The molecule has 1 atom stereocenters. The quantitative estimate of drug-likeness (QED) is 0.610. The highest BCUT2D eigenvalue weighted by molar-refractivity contribution is 5.79. The Labute approximate surface area is 113 Å². The van der Waals surface area contributed by atoms with Gasteiger partial charge < -0.3 is 15.8 Å². The summed E-state index contributed by atoms with van der Waals surface area (Å²) < 4.78 is 6.46. The van der Waals surface area contributed by atoms with Crippen LogP contribution in [0.4, 0.5) is 0 Å². The van der Waals surface area contributed by atoms with Gasteiger partial charge in [0.15, 0.2) is 0 Å². The number of unbranched alkanes of at least 4 members (excludes halogenated alkanes) is 1. The molecule has 0 aliphatic rings. The largest absolute Gasteiger partial charge is 0.383 e. The van der Waals surface area contributed by atoms with Crippen molar-refractivity contribution in [1.82, 2.24) is 20.3 Å². The lowest BCUT2D eigenvalue weighted by molar-refractivity contribution is -0.124. The van der Waals surface area contributed by atoms with Crippen LogP contribution in [0.5, 0.6) is 0 Å². The Morgan fingerprint density at radius 3 is 3.05 bits per heavy atom. The molecule has 1 aromatic rings. The van der Waals surface area contributed by atoms with E-state index in [1.807, 2.05) is 6.20 Å². The SMILES string of the molecule is COCCNC(=O)C(C)n1cc(CCCCN)nn1. The van der Waals surface area contributed by atoms with Crippen molar-refractivity contribution < 1.29 is 9.53 Å². The zero-order valence-corrected chi connectivity index (χ0v) is 11.6. The maximum Gasteiger partial charge on any atom is 0.244 e. The highest BCUT2D eigenvalue weighted by Crippen LogP contribution is 2.06. The van der Waals surface area contributed by atoms with Crippen molar-refractivity contribution in [2.24, 2.45) is 5.73 Å². The van der Waals surface area contributed by atoms with Gasteiger partial charge in [0.25, 0.3) is 0 Å². The number of aromatic nitrogens is 3. The number of methoxy groups -OCH3 is 1. The molecule has 108 valence electrons. The molecule has 1 heterocycles. The fourth-order valence-electron chi connectivity index (χ4n) is 1.61. The highest BCUT2D eigenvalue weighted by Gasteiger charge is 2.15.